The van der Waals surface area contributed by atoms with Crippen molar-refractivity contribution in [2.45, 2.75) is 64.3 Å². The Morgan fingerprint density at radius 2 is 1.98 bits per heavy atom. The molecule has 1 aliphatic carbocycles. The van der Waals surface area contributed by atoms with Gasteiger partial charge in [-0.2, -0.15) is 0 Å². The minimum Gasteiger partial charge on any atom is -0.465 e. The van der Waals surface area contributed by atoms with E-state index in [1.54, 1.807) is 6.20 Å². The van der Waals surface area contributed by atoms with Crippen molar-refractivity contribution in [1.82, 2.24) is 24.8 Å². The highest BCUT2D eigenvalue weighted by Crippen LogP contribution is 2.29. The van der Waals surface area contributed by atoms with E-state index >= 15 is 0 Å². The van der Waals surface area contributed by atoms with Gasteiger partial charge in [0.05, 0.1) is 18.6 Å². The van der Waals surface area contributed by atoms with Gasteiger partial charge in [0.15, 0.2) is 12.4 Å². The first-order chi connectivity index (χ1) is 19.1. The van der Waals surface area contributed by atoms with Crippen molar-refractivity contribution in [3.05, 3.63) is 57.5 Å². The van der Waals surface area contributed by atoms with Crippen LogP contribution in [0.4, 0.5) is 10.2 Å². The van der Waals surface area contributed by atoms with Gasteiger partial charge < -0.3 is 19.2 Å². The number of carbonyl (C=O) groups excluding carboxylic acids is 1. The number of nitrogens with one attached hydrogen (secondary N) is 1. The second-order valence-electron chi connectivity index (χ2n) is 11.5. The number of hydrogen-bond donors (Lipinski definition) is 1. The molecule has 0 fully saturated rings. The zero-order chi connectivity index (χ0) is 28.4. The van der Waals surface area contributed by atoms with Gasteiger partial charge in [0.2, 0.25) is 5.82 Å². The Labute approximate surface area is 232 Å². The number of amides is 1. The van der Waals surface area contributed by atoms with Gasteiger partial charge in [0.25, 0.3) is 11.8 Å². The van der Waals surface area contributed by atoms with E-state index in [0.29, 0.717) is 31.8 Å². The average molecular weight is 571 g/mol. The van der Waals surface area contributed by atoms with Crippen molar-refractivity contribution in [3.8, 4) is 11.7 Å². The third kappa shape index (κ3) is 6.31. The molecule has 1 aliphatic heterocycles. The van der Waals surface area contributed by atoms with Crippen LogP contribution in [0.25, 0.3) is 5.82 Å². The second kappa shape index (κ2) is 11.6. The van der Waals surface area contributed by atoms with Gasteiger partial charge in [-0.05, 0) is 49.9 Å². The predicted octanol–water partition coefficient (Wildman–Crippen LogP) is 2.79. The first-order valence-corrected chi connectivity index (χ1v) is 17.3. The normalized spacial score (nSPS) is 16.7. The third-order valence-corrected chi connectivity index (χ3v) is 8.85. The van der Waals surface area contributed by atoms with E-state index in [1.807, 2.05) is 6.92 Å². The third-order valence-electron chi connectivity index (χ3n) is 7.14. The highest BCUT2D eigenvalue weighted by atomic mass is 28.3. The smallest absolute Gasteiger partial charge is 0.425 e. The monoisotopic (exact) mass is 570 g/mol. The molecular formula is C27H35FN6O5Si. The van der Waals surface area contributed by atoms with Crippen LogP contribution in [0.2, 0.25) is 25.7 Å². The van der Waals surface area contributed by atoms with Gasteiger partial charge in [0.1, 0.15) is 18.3 Å². The Balaban J connectivity index is 1.19. The summed E-state index contributed by atoms with van der Waals surface area (Å²) in [6, 6.07) is 1.12. The Bertz CT molecular complexity index is 1420. The molecule has 11 nitrogen and oxygen atoms in total. The molecule has 40 heavy (non-hydrogen) atoms. The van der Waals surface area contributed by atoms with Gasteiger partial charge >= 0.3 is 5.76 Å². The van der Waals surface area contributed by atoms with E-state index in [-0.39, 0.29) is 48.6 Å². The van der Waals surface area contributed by atoms with Crippen molar-refractivity contribution in [3.63, 3.8) is 0 Å². The number of fused-ring (bicyclic) bond motifs is 2. The fraction of sp³-hybridized carbons (Fsp3) is 0.519. The summed E-state index contributed by atoms with van der Waals surface area (Å²) in [5, 5.41) is 3.47. The minimum absolute atomic E-state index is 0.0329. The van der Waals surface area contributed by atoms with Gasteiger partial charge in [-0.3, -0.25) is 14.7 Å². The summed E-state index contributed by atoms with van der Waals surface area (Å²) in [5.74, 6) is 0.0110. The molecule has 5 rings (SSSR count). The number of aryl methyl sites for hydroxylation is 2. The molecule has 3 aromatic rings. The SMILES string of the molecule is Cc1ncc(F)c2c1CC(NCCCc1cn(-c3cnc4c(n3)N(COCC[Si](C)(C)C)C(=O)CO4)c(=O)o1)C2. The summed E-state index contributed by atoms with van der Waals surface area (Å²) in [5.41, 5.74) is 2.63. The van der Waals surface area contributed by atoms with Gasteiger partial charge in [-0.15, -0.1) is 0 Å². The van der Waals surface area contributed by atoms with E-state index in [0.717, 1.165) is 35.7 Å². The number of hydrogen-bond acceptors (Lipinski definition) is 9. The fourth-order valence-electron chi connectivity index (χ4n) is 4.85. The van der Waals surface area contributed by atoms with E-state index in [1.165, 1.54) is 21.9 Å². The number of pyridine rings is 1. The lowest BCUT2D eigenvalue weighted by atomic mass is 10.1. The van der Waals surface area contributed by atoms with Crippen LogP contribution in [0.15, 0.2) is 27.8 Å². The number of aromatic nitrogens is 4. The Hall–Kier alpha value is -3.42. The molecule has 13 heteroatoms. The number of halogens is 1. The second-order valence-corrected chi connectivity index (χ2v) is 17.1. The lowest BCUT2D eigenvalue weighted by Crippen LogP contribution is -2.41. The molecule has 0 bridgehead atoms. The summed E-state index contributed by atoms with van der Waals surface area (Å²) in [6.07, 6.45) is 6.94. The van der Waals surface area contributed by atoms with Crippen LogP contribution in [-0.4, -0.2) is 66.0 Å². The van der Waals surface area contributed by atoms with E-state index in [4.69, 9.17) is 13.9 Å². The number of anilines is 1. The van der Waals surface area contributed by atoms with E-state index in [2.05, 4.69) is 39.9 Å². The molecule has 0 saturated carbocycles. The van der Waals surface area contributed by atoms with Crippen LogP contribution in [0.5, 0.6) is 5.88 Å². The number of rotatable bonds is 11. The maximum absolute atomic E-state index is 14.1. The highest BCUT2D eigenvalue weighted by Gasteiger charge is 2.30. The first kappa shape index (κ1) is 28.1. The van der Waals surface area contributed by atoms with E-state index in [9.17, 15) is 14.0 Å². The van der Waals surface area contributed by atoms with Crippen LogP contribution in [-0.2, 0) is 28.8 Å². The van der Waals surface area contributed by atoms with Crippen LogP contribution >= 0.6 is 0 Å². The van der Waals surface area contributed by atoms with Gasteiger partial charge in [-0.1, -0.05) is 19.6 Å². The molecule has 1 amide bonds. The standard InChI is InChI=1S/C27H35FN6O5Si/c1-17-20-10-18(11-21(20)22(28)12-30-17)29-7-5-6-19-14-33(27(36)39-19)23-13-31-26-25(32-23)34(24(35)15-38-26)16-37-8-9-40(2,3)4/h12-14,18,29H,5-11,15-16H2,1-4H3. The molecule has 3 aromatic heterocycles. The molecule has 2 aliphatic rings. The first-order valence-electron chi connectivity index (χ1n) is 13.5. The van der Waals surface area contributed by atoms with Gasteiger partial charge in [0, 0.05) is 32.8 Å². The number of oxazole rings is 1. The summed E-state index contributed by atoms with van der Waals surface area (Å²) < 4.78 is 32.0. The zero-order valence-corrected chi connectivity index (χ0v) is 24.3. The Morgan fingerprint density at radius 3 is 2.75 bits per heavy atom. The molecule has 0 aromatic carbocycles. The van der Waals surface area contributed by atoms with Gasteiger partial charge in [-0.25, -0.2) is 23.7 Å². The summed E-state index contributed by atoms with van der Waals surface area (Å²) in [4.78, 5) is 39.5. The zero-order valence-electron chi connectivity index (χ0n) is 23.3. The highest BCUT2D eigenvalue weighted by molar-refractivity contribution is 6.76. The molecule has 1 atom stereocenters. The lowest BCUT2D eigenvalue weighted by Gasteiger charge is -2.27. The van der Waals surface area contributed by atoms with E-state index < -0.39 is 13.8 Å². The number of ether oxygens (including phenoxy) is 2. The topological polar surface area (TPSA) is 125 Å². The average Bonchev–Trinajstić information content (AvgIpc) is 3.51. The number of carbonyl (C=O) groups is 1. The maximum Gasteiger partial charge on any atom is 0.425 e. The molecule has 4 heterocycles. The van der Waals surface area contributed by atoms with Crippen LogP contribution in [0, 0.1) is 12.7 Å². The largest absolute Gasteiger partial charge is 0.465 e. The molecule has 214 valence electrons. The minimum atomic E-state index is -1.28. The number of nitrogens with zero attached hydrogens (tertiary/aromatic N) is 5. The van der Waals surface area contributed by atoms with Crippen LogP contribution < -0.4 is 20.7 Å². The van der Waals surface area contributed by atoms with Crippen LogP contribution in [0.3, 0.4) is 0 Å². The van der Waals surface area contributed by atoms with Crippen LogP contribution in [0.1, 0.15) is 29.0 Å². The van der Waals surface area contributed by atoms with Crippen molar-refractivity contribution in [2.75, 3.05) is 31.4 Å². The molecule has 0 radical (unpaired) electrons. The summed E-state index contributed by atoms with van der Waals surface area (Å²) in [6.45, 7) is 9.79. The van der Waals surface area contributed by atoms with Crippen molar-refractivity contribution >= 4 is 19.8 Å². The summed E-state index contributed by atoms with van der Waals surface area (Å²) >= 11 is 0. The van der Waals surface area contributed by atoms with Crippen molar-refractivity contribution in [1.29, 1.82) is 0 Å². The molecular weight excluding hydrogens is 535 g/mol. The molecule has 0 saturated heterocycles. The maximum atomic E-state index is 14.1. The fourth-order valence-corrected chi connectivity index (χ4v) is 5.60. The lowest BCUT2D eigenvalue weighted by molar-refractivity contribution is -0.122. The Kier molecular flexibility index (Phi) is 8.15. The van der Waals surface area contributed by atoms with Crippen molar-refractivity contribution in [2.24, 2.45) is 0 Å². The van der Waals surface area contributed by atoms with Crippen molar-refractivity contribution < 1.29 is 23.1 Å². The summed E-state index contributed by atoms with van der Waals surface area (Å²) in [7, 11) is -1.28. The quantitative estimate of drug-likeness (QED) is 0.274. The molecule has 1 unspecified atom stereocenters. The Morgan fingerprint density at radius 1 is 1.18 bits per heavy atom. The predicted molar refractivity (Wildman–Crippen MR) is 148 cm³/mol. The molecule has 0 spiro atoms. The molecule has 1 N–H and O–H groups in total.